The summed E-state index contributed by atoms with van der Waals surface area (Å²) in [5.41, 5.74) is -2.34. The molecule has 1 aromatic heterocycles. The first-order chi connectivity index (χ1) is 9.69. The molecule has 1 rings (SSSR count). The van der Waals surface area contributed by atoms with Gasteiger partial charge in [0.2, 0.25) is 0 Å². The second kappa shape index (κ2) is 6.88. The van der Waals surface area contributed by atoms with Crippen molar-refractivity contribution >= 4 is 17.6 Å². The summed E-state index contributed by atoms with van der Waals surface area (Å²) in [5.74, 6) is -2.94. The summed E-state index contributed by atoms with van der Waals surface area (Å²) in [6, 6.07) is 0.486. The van der Waals surface area contributed by atoms with Gasteiger partial charge in [0.25, 0.3) is 6.43 Å². The summed E-state index contributed by atoms with van der Waals surface area (Å²) < 4.78 is 70.6. The van der Waals surface area contributed by atoms with E-state index in [2.05, 4.69) is 14.5 Å². The zero-order chi connectivity index (χ0) is 16.2. The van der Waals surface area contributed by atoms with E-state index in [-0.39, 0.29) is 6.61 Å². The molecule has 0 aromatic carbocycles. The lowest BCUT2D eigenvalue weighted by molar-refractivity contribution is -0.275. The van der Waals surface area contributed by atoms with Crippen LogP contribution in [0.3, 0.4) is 0 Å². The van der Waals surface area contributed by atoms with Gasteiger partial charge in [-0.15, -0.1) is 24.8 Å². The molecule has 0 saturated heterocycles. The zero-order valence-electron chi connectivity index (χ0n) is 10.5. The van der Waals surface area contributed by atoms with E-state index in [1.165, 1.54) is 6.92 Å². The van der Waals surface area contributed by atoms with Crippen molar-refractivity contribution in [2.24, 2.45) is 0 Å². The van der Waals surface area contributed by atoms with Crippen LogP contribution in [0.15, 0.2) is 6.07 Å². The van der Waals surface area contributed by atoms with Crippen molar-refractivity contribution in [2.45, 2.75) is 25.6 Å². The van der Waals surface area contributed by atoms with Crippen LogP contribution in [0.1, 0.15) is 35.1 Å². The molecule has 1 heterocycles. The Bertz CT molecular complexity index is 521. The summed E-state index contributed by atoms with van der Waals surface area (Å²) in [5, 5.41) is 0. The minimum atomic E-state index is -5.14. The van der Waals surface area contributed by atoms with Crippen molar-refractivity contribution in [1.29, 1.82) is 0 Å². The van der Waals surface area contributed by atoms with Gasteiger partial charge in [-0.1, -0.05) is 0 Å². The number of rotatable bonds is 5. The average molecular weight is 334 g/mol. The van der Waals surface area contributed by atoms with Crippen LogP contribution in [0.5, 0.6) is 5.75 Å². The molecule has 0 amide bonds. The van der Waals surface area contributed by atoms with E-state index < -0.39 is 47.3 Å². The minimum Gasteiger partial charge on any atom is -0.462 e. The third kappa shape index (κ3) is 4.69. The number of hydrogen-bond donors (Lipinski definition) is 0. The molecule has 10 heteroatoms. The minimum absolute atomic E-state index is 0.160. The summed E-state index contributed by atoms with van der Waals surface area (Å²) in [6.07, 6.45) is -8.24. The lowest BCUT2D eigenvalue weighted by atomic mass is 10.1. The standard InChI is InChI=1S/C11H9ClF5NO3/c1-2-20-10(19)5-3-6(9(13)14)18-7(4-12)8(5)21-11(15,16)17/h3,9H,2,4H2,1H3. The molecular weight excluding hydrogens is 325 g/mol. The highest BCUT2D eigenvalue weighted by molar-refractivity contribution is 6.17. The van der Waals surface area contributed by atoms with Gasteiger partial charge in [0.05, 0.1) is 18.2 Å². The molecule has 0 aliphatic carbocycles. The number of nitrogens with zero attached hydrogens (tertiary/aromatic N) is 1. The molecule has 0 unspecified atom stereocenters. The molecule has 0 spiro atoms. The number of aromatic nitrogens is 1. The van der Waals surface area contributed by atoms with Crippen LogP contribution in [0.25, 0.3) is 0 Å². The number of hydrogen-bond acceptors (Lipinski definition) is 4. The van der Waals surface area contributed by atoms with Crippen molar-refractivity contribution in [3.63, 3.8) is 0 Å². The van der Waals surface area contributed by atoms with Gasteiger partial charge in [-0.05, 0) is 13.0 Å². The predicted octanol–water partition coefficient (Wildman–Crippen LogP) is 3.83. The number of ether oxygens (including phenoxy) is 2. The molecule has 1 aromatic rings. The number of esters is 1. The van der Waals surface area contributed by atoms with Gasteiger partial charge in [0, 0.05) is 0 Å². The zero-order valence-corrected chi connectivity index (χ0v) is 11.3. The van der Waals surface area contributed by atoms with Crippen molar-refractivity contribution in [2.75, 3.05) is 6.61 Å². The van der Waals surface area contributed by atoms with Crippen LogP contribution in [0.2, 0.25) is 0 Å². The molecule has 4 nitrogen and oxygen atoms in total. The highest BCUT2D eigenvalue weighted by atomic mass is 35.5. The molecule has 0 radical (unpaired) electrons. The fourth-order valence-corrected chi connectivity index (χ4v) is 1.58. The first-order valence-corrected chi connectivity index (χ1v) is 6.03. The van der Waals surface area contributed by atoms with Gasteiger partial charge in [0.15, 0.2) is 5.75 Å². The molecule has 0 aliphatic heterocycles. The highest BCUT2D eigenvalue weighted by Crippen LogP contribution is 2.33. The molecule has 0 N–H and O–H groups in total. The Morgan fingerprint density at radius 2 is 2.05 bits per heavy atom. The number of alkyl halides is 6. The average Bonchev–Trinajstić information content (AvgIpc) is 2.36. The highest BCUT2D eigenvalue weighted by Gasteiger charge is 2.35. The lowest BCUT2D eigenvalue weighted by Crippen LogP contribution is -2.21. The van der Waals surface area contributed by atoms with Gasteiger partial charge in [0.1, 0.15) is 11.3 Å². The number of carbonyl (C=O) groups excluding carboxylic acids is 1. The van der Waals surface area contributed by atoms with Crippen LogP contribution in [0.4, 0.5) is 22.0 Å². The first kappa shape index (κ1) is 17.4. The molecule has 0 saturated carbocycles. The Morgan fingerprint density at radius 1 is 1.43 bits per heavy atom. The second-order valence-electron chi connectivity index (χ2n) is 3.57. The van der Waals surface area contributed by atoms with Gasteiger partial charge in [-0.2, -0.15) is 0 Å². The Hall–Kier alpha value is -1.64. The fourth-order valence-electron chi connectivity index (χ4n) is 1.40. The molecule has 0 bridgehead atoms. The summed E-state index contributed by atoms with van der Waals surface area (Å²) >= 11 is 5.38. The summed E-state index contributed by atoms with van der Waals surface area (Å²) in [6.45, 7) is 1.24. The molecule has 118 valence electrons. The van der Waals surface area contributed by atoms with Crippen molar-refractivity contribution < 1.29 is 36.2 Å². The van der Waals surface area contributed by atoms with Crippen molar-refractivity contribution in [1.82, 2.24) is 4.98 Å². The maximum atomic E-state index is 12.7. The molecule has 0 aliphatic rings. The van der Waals surface area contributed by atoms with Crippen LogP contribution < -0.4 is 4.74 Å². The van der Waals surface area contributed by atoms with E-state index in [1.54, 1.807) is 0 Å². The summed E-state index contributed by atoms with van der Waals surface area (Å²) in [4.78, 5) is 14.9. The van der Waals surface area contributed by atoms with Crippen LogP contribution in [-0.2, 0) is 10.6 Å². The third-order valence-electron chi connectivity index (χ3n) is 2.13. The molecule has 21 heavy (non-hydrogen) atoms. The monoisotopic (exact) mass is 333 g/mol. The lowest BCUT2D eigenvalue weighted by Gasteiger charge is -2.16. The quantitative estimate of drug-likeness (QED) is 0.467. The SMILES string of the molecule is CCOC(=O)c1cc(C(F)F)nc(CCl)c1OC(F)(F)F. The van der Waals surface area contributed by atoms with E-state index >= 15 is 0 Å². The molecule has 0 fully saturated rings. The van der Waals surface area contributed by atoms with Crippen LogP contribution in [0, 0.1) is 0 Å². The van der Waals surface area contributed by atoms with E-state index in [0.717, 1.165) is 0 Å². The first-order valence-electron chi connectivity index (χ1n) is 5.50. The van der Waals surface area contributed by atoms with Crippen LogP contribution >= 0.6 is 11.6 Å². The normalized spacial score (nSPS) is 11.6. The van der Waals surface area contributed by atoms with E-state index in [1.807, 2.05) is 0 Å². The topological polar surface area (TPSA) is 48.4 Å². The predicted molar refractivity (Wildman–Crippen MR) is 61.4 cm³/mol. The Balaban J connectivity index is 3.45. The van der Waals surface area contributed by atoms with Gasteiger partial charge < -0.3 is 9.47 Å². The molecular formula is C11H9ClF5NO3. The summed E-state index contributed by atoms with van der Waals surface area (Å²) in [7, 11) is 0. The number of halogens is 6. The smallest absolute Gasteiger partial charge is 0.462 e. The van der Waals surface area contributed by atoms with Gasteiger partial charge in [-0.3, -0.25) is 0 Å². The number of pyridine rings is 1. The number of carbonyl (C=O) groups is 1. The maximum absolute atomic E-state index is 12.7. The Labute approximate surface area is 120 Å². The third-order valence-corrected chi connectivity index (χ3v) is 2.38. The van der Waals surface area contributed by atoms with E-state index in [9.17, 15) is 26.7 Å². The fraction of sp³-hybridized carbons (Fsp3) is 0.455. The second-order valence-corrected chi connectivity index (χ2v) is 3.84. The molecule has 0 atom stereocenters. The van der Waals surface area contributed by atoms with E-state index in [0.29, 0.717) is 6.07 Å². The van der Waals surface area contributed by atoms with Crippen molar-refractivity contribution in [3.8, 4) is 5.75 Å². The van der Waals surface area contributed by atoms with Crippen molar-refractivity contribution in [3.05, 3.63) is 23.0 Å². The van der Waals surface area contributed by atoms with Gasteiger partial charge >= 0.3 is 12.3 Å². The Kier molecular flexibility index (Phi) is 5.70. The van der Waals surface area contributed by atoms with Gasteiger partial charge in [-0.25, -0.2) is 18.6 Å². The van der Waals surface area contributed by atoms with E-state index in [4.69, 9.17) is 11.6 Å². The maximum Gasteiger partial charge on any atom is 0.573 e. The Morgan fingerprint density at radius 3 is 2.48 bits per heavy atom. The van der Waals surface area contributed by atoms with Crippen LogP contribution in [-0.4, -0.2) is 23.9 Å². The largest absolute Gasteiger partial charge is 0.573 e.